The van der Waals surface area contributed by atoms with Gasteiger partial charge < -0.3 is 14.8 Å². The molecule has 0 aliphatic heterocycles. The third-order valence-corrected chi connectivity index (χ3v) is 7.22. The molecule has 0 atom stereocenters. The number of nitrogens with one attached hydrogen (secondary N) is 2. The topological polar surface area (TPSA) is 155 Å². The highest BCUT2D eigenvalue weighted by atomic mass is 32.2. The van der Waals surface area contributed by atoms with E-state index in [1.807, 2.05) is 0 Å². The smallest absolute Gasteiger partial charge is 0.416 e. The highest BCUT2D eigenvalue weighted by Gasteiger charge is 2.31. The molecule has 2 aromatic carbocycles. The van der Waals surface area contributed by atoms with Crippen LogP contribution in [0.5, 0.6) is 11.6 Å². The van der Waals surface area contributed by atoms with Crippen LogP contribution in [0.3, 0.4) is 0 Å². The van der Waals surface area contributed by atoms with Crippen molar-refractivity contribution in [1.29, 1.82) is 0 Å². The van der Waals surface area contributed by atoms with Crippen molar-refractivity contribution in [3.05, 3.63) is 75.0 Å². The maximum absolute atomic E-state index is 13.0. The summed E-state index contributed by atoms with van der Waals surface area (Å²) in [6.07, 6.45) is -4.54. The van der Waals surface area contributed by atoms with Crippen molar-refractivity contribution in [2.75, 3.05) is 20.3 Å². The molecule has 1 aromatic heterocycles. The van der Waals surface area contributed by atoms with Crippen LogP contribution in [0.25, 0.3) is 0 Å². The number of sulfonamides is 1. The maximum atomic E-state index is 13.0. The first-order chi connectivity index (χ1) is 19.2. The third-order valence-electron chi connectivity index (χ3n) is 5.74. The molecule has 0 radical (unpaired) electrons. The van der Waals surface area contributed by atoms with Gasteiger partial charge in [-0.3, -0.25) is 14.9 Å². The van der Waals surface area contributed by atoms with Crippen LogP contribution < -0.4 is 14.8 Å². The van der Waals surface area contributed by atoms with Crippen molar-refractivity contribution < 1.29 is 40.8 Å². The van der Waals surface area contributed by atoms with Gasteiger partial charge in [0, 0.05) is 37.9 Å². The zero-order chi connectivity index (χ0) is 30.5. The van der Waals surface area contributed by atoms with E-state index < -0.39 is 43.2 Å². The lowest BCUT2D eigenvalue weighted by molar-refractivity contribution is -0.385. The van der Waals surface area contributed by atoms with Crippen molar-refractivity contribution in [3.63, 3.8) is 0 Å². The Hall–Kier alpha value is -4.02. The van der Waals surface area contributed by atoms with E-state index in [-0.39, 0.29) is 54.2 Å². The summed E-state index contributed by atoms with van der Waals surface area (Å²) in [6.45, 7) is 4.66. The number of benzene rings is 2. The number of alkyl halides is 3. The van der Waals surface area contributed by atoms with Crippen LogP contribution in [0.4, 0.5) is 18.9 Å². The number of rotatable bonds is 12. The average Bonchev–Trinajstić information content (AvgIpc) is 3.23. The number of non-ortho nitro benzene ring substituents is 1. The molecule has 3 rings (SSSR count). The summed E-state index contributed by atoms with van der Waals surface area (Å²) in [5.74, 6) is -0.977. The molecule has 2 N–H and O–H groups in total. The minimum Gasteiger partial charge on any atom is -0.438 e. The van der Waals surface area contributed by atoms with Crippen molar-refractivity contribution in [2.45, 2.75) is 44.4 Å². The van der Waals surface area contributed by atoms with Crippen LogP contribution in [-0.2, 0) is 27.5 Å². The second kappa shape index (κ2) is 12.7. The van der Waals surface area contributed by atoms with E-state index in [4.69, 9.17) is 9.47 Å². The summed E-state index contributed by atoms with van der Waals surface area (Å²) in [7, 11) is -2.92. The van der Waals surface area contributed by atoms with Crippen molar-refractivity contribution >= 4 is 21.6 Å². The van der Waals surface area contributed by atoms with Crippen LogP contribution in [0.15, 0.2) is 47.4 Å². The Morgan fingerprint density at radius 3 is 2.51 bits per heavy atom. The number of halogens is 3. The molecular formula is C25H28F3N5O7S. The maximum Gasteiger partial charge on any atom is 0.416 e. The predicted octanol–water partition coefficient (Wildman–Crippen LogP) is 4.35. The van der Waals surface area contributed by atoms with Gasteiger partial charge in [0.15, 0.2) is 5.69 Å². The number of hydrogen-bond donors (Lipinski definition) is 2. The van der Waals surface area contributed by atoms with Gasteiger partial charge in [0.25, 0.3) is 11.6 Å². The number of nitrogens with zero attached hydrogens (tertiary/aromatic N) is 3. The van der Waals surface area contributed by atoms with Gasteiger partial charge in [-0.2, -0.15) is 18.3 Å². The molecule has 12 nitrogen and oxygen atoms in total. The standard InChI is InChI=1S/C25H28F3N5O7S/c1-15(2)32-24(40-20-9-8-19(33(35)36)13-21(20)41(37,38)30-10-11-39-4)16(3)22(31-32)23(34)29-14-17-6-5-7-18(12-17)25(26,27)28/h5-9,12-13,15,30H,10-11,14H2,1-4H3,(H,29,34). The Morgan fingerprint density at radius 2 is 1.90 bits per heavy atom. The molecule has 222 valence electrons. The van der Waals surface area contributed by atoms with Gasteiger partial charge in [0.1, 0.15) is 10.6 Å². The number of carbonyl (C=O) groups excluding carboxylic acids is 1. The fourth-order valence-corrected chi connectivity index (χ4v) is 4.84. The lowest BCUT2D eigenvalue weighted by Crippen LogP contribution is -2.27. The van der Waals surface area contributed by atoms with Crippen LogP contribution in [-0.4, -0.2) is 49.3 Å². The molecule has 0 aliphatic rings. The summed E-state index contributed by atoms with van der Waals surface area (Å²) < 4.78 is 79.5. The summed E-state index contributed by atoms with van der Waals surface area (Å²) in [5, 5.41) is 18.1. The van der Waals surface area contributed by atoms with E-state index >= 15 is 0 Å². The first-order valence-corrected chi connectivity index (χ1v) is 13.6. The molecule has 0 saturated heterocycles. The Balaban J connectivity index is 1.95. The third kappa shape index (κ3) is 7.59. The Morgan fingerprint density at radius 1 is 1.20 bits per heavy atom. The van der Waals surface area contributed by atoms with Gasteiger partial charge in [-0.05, 0) is 44.5 Å². The fraction of sp³-hybridized carbons (Fsp3) is 0.360. The highest BCUT2D eigenvalue weighted by Crippen LogP contribution is 2.35. The molecule has 1 amide bonds. The van der Waals surface area contributed by atoms with E-state index in [2.05, 4.69) is 15.1 Å². The first kappa shape index (κ1) is 31.5. The summed E-state index contributed by atoms with van der Waals surface area (Å²) >= 11 is 0. The van der Waals surface area contributed by atoms with Crippen molar-refractivity contribution in [2.24, 2.45) is 0 Å². The van der Waals surface area contributed by atoms with Gasteiger partial charge in [-0.1, -0.05) is 12.1 Å². The zero-order valence-corrected chi connectivity index (χ0v) is 23.3. The van der Waals surface area contributed by atoms with Crippen LogP contribution in [0.2, 0.25) is 0 Å². The molecule has 0 fully saturated rings. The number of amides is 1. The fourth-order valence-electron chi connectivity index (χ4n) is 3.68. The number of nitro groups is 1. The van der Waals surface area contributed by atoms with Gasteiger partial charge in [-0.25, -0.2) is 17.8 Å². The Kier molecular flexibility index (Phi) is 9.73. The molecule has 3 aromatic rings. The summed E-state index contributed by atoms with van der Waals surface area (Å²) in [6, 6.07) is 7.15. The average molecular weight is 600 g/mol. The number of methoxy groups -OCH3 is 1. The monoisotopic (exact) mass is 599 g/mol. The van der Waals surface area contributed by atoms with E-state index in [1.54, 1.807) is 13.8 Å². The van der Waals surface area contributed by atoms with Crippen LogP contribution >= 0.6 is 0 Å². The second-order valence-electron chi connectivity index (χ2n) is 9.08. The summed E-state index contributed by atoms with van der Waals surface area (Å²) in [4.78, 5) is 23.1. The molecule has 1 heterocycles. The minimum atomic E-state index is -4.54. The van der Waals surface area contributed by atoms with Gasteiger partial charge in [-0.15, -0.1) is 0 Å². The molecular weight excluding hydrogens is 571 g/mol. The van der Waals surface area contributed by atoms with Gasteiger partial charge in [0.05, 0.1) is 23.1 Å². The first-order valence-electron chi connectivity index (χ1n) is 12.1. The molecule has 0 unspecified atom stereocenters. The number of ether oxygens (including phenoxy) is 2. The zero-order valence-electron chi connectivity index (χ0n) is 22.5. The van der Waals surface area contributed by atoms with Crippen molar-refractivity contribution in [3.8, 4) is 11.6 Å². The van der Waals surface area contributed by atoms with Gasteiger partial charge in [0.2, 0.25) is 15.9 Å². The largest absolute Gasteiger partial charge is 0.438 e. The molecule has 0 saturated carbocycles. The van der Waals surface area contributed by atoms with E-state index in [0.717, 1.165) is 30.3 Å². The number of aromatic nitrogens is 2. The van der Waals surface area contributed by atoms with Crippen LogP contribution in [0.1, 0.15) is 47.1 Å². The predicted molar refractivity (Wildman–Crippen MR) is 140 cm³/mol. The number of carbonyl (C=O) groups is 1. The second-order valence-corrected chi connectivity index (χ2v) is 10.8. The lowest BCUT2D eigenvalue weighted by Gasteiger charge is -2.15. The summed E-state index contributed by atoms with van der Waals surface area (Å²) in [5.41, 5.74) is -1.04. The van der Waals surface area contributed by atoms with E-state index in [0.29, 0.717) is 0 Å². The lowest BCUT2D eigenvalue weighted by atomic mass is 10.1. The van der Waals surface area contributed by atoms with Crippen molar-refractivity contribution in [1.82, 2.24) is 19.8 Å². The quantitative estimate of drug-likeness (QED) is 0.177. The van der Waals surface area contributed by atoms with Gasteiger partial charge >= 0.3 is 6.18 Å². The Labute approximate surface area is 233 Å². The number of hydrogen-bond acceptors (Lipinski definition) is 8. The molecule has 16 heteroatoms. The highest BCUT2D eigenvalue weighted by molar-refractivity contribution is 7.89. The number of nitro benzene ring substituents is 1. The Bertz CT molecular complexity index is 1540. The van der Waals surface area contributed by atoms with E-state index in [1.165, 1.54) is 30.8 Å². The molecule has 0 bridgehead atoms. The SMILES string of the molecule is COCCNS(=O)(=O)c1cc([N+](=O)[O-])ccc1Oc1c(C)c(C(=O)NCc2cccc(C(F)(F)F)c2)nn1C(C)C. The molecule has 0 spiro atoms. The molecule has 0 aliphatic carbocycles. The van der Waals surface area contributed by atoms with E-state index in [9.17, 15) is 36.5 Å². The molecule has 41 heavy (non-hydrogen) atoms. The normalized spacial score (nSPS) is 12.0. The van der Waals surface area contributed by atoms with Crippen LogP contribution in [0, 0.1) is 17.0 Å². The minimum absolute atomic E-state index is 0.00795.